The summed E-state index contributed by atoms with van der Waals surface area (Å²) >= 11 is 2.07. The van der Waals surface area contributed by atoms with E-state index in [9.17, 15) is 4.39 Å². The van der Waals surface area contributed by atoms with Gasteiger partial charge in [0.15, 0.2) is 5.79 Å². The van der Waals surface area contributed by atoms with Crippen LogP contribution in [0.1, 0.15) is 12.5 Å². The lowest BCUT2D eigenvalue weighted by molar-refractivity contribution is -0.151. The van der Waals surface area contributed by atoms with E-state index in [1.54, 1.807) is 13.0 Å². The van der Waals surface area contributed by atoms with Gasteiger partial charge in [-0.15, -0.1) is 0 Å². The van der Waals surface area contributed by atoms with E-state index in [2.05, 4.69) is 22.6 Å². The standard InChI is InChI=1S/C10H10FIO2/c1-10(13-4-5-14-10)8-3-2-7(12)6-9(8)11/h2-3,6H,4-5H2,1H3. The molecule has 4 heteroatoms. The molecule has 1 aromatic rings. The molecule has 0 aliphatic carbocycles. The highest BCUT2D eigenvalue weighted by atomic mass is 127. The largest absolute Gasteiger partial charge is 0.344 e. The van der Waals surface area contributed by atoms with Gasteiger partial charge in [-0.25, -0.2) is 4.39 Å². The second-order valence-electron chi connectivity index (χ2n) is 3.27. The van der Waals surface area contributed by atoms with Crippen LogP contribution in [0.4, 0.5) is 4.39 Å². The van der Waals surface area contributed by atoms with Crippen LogP contribution in [0, 0.1) is 9.39 Å². The van der Waals surface area contributed by atoms with E-state index in [1.807, 2.05) is 6.07 Å². The molecule has 1 aliphatic rings. The van der Waals surface area contributed by atoms with Crippen molar-refractivity contribution in [3.05, 3.63) is 33.1 Å². The van der Waals surface area contributed by atoms with Crippen LogP contribution in [-0.2, 0) is 15.3 Å². The molecule has 2 rings (SSSR count). The number of hydrogen-bond donors (Lipinski definition) is 0. The van der Waals surface area contributed by atoms with Crippen molar-refractivity contribution in [2.24, 2.45) is 0 Å². The maximum Gasteiger partial charge on any atom is 0.194 e. The minimum Gasteiger partial charge on any atom is -0.344 e. The Kier molecular flexibility index (Phi) is 2.77. The topological polar surface area (TPSA) is 18.5 Å². The van der Waals surface area contributed by atoms with Gasteiger partial charge in [0.05, 0.1) is 13.2 Å². The lowest BCUT2D eigenvalue weighted by Gasteiger charge is -2.23. The van der Waals surface area contributed by atoms with Crippen molar-refractivity contribution in [2.45, 2.75) is 12.7 Å². The van der Waals surface area contributed by atoms with Gasteiger partial charge in [-0.3, -0.25) is 0 Å². The van der Waals surface area contributed by atoms with Crippen LogP contribution >= 0.6 is 22.6 Å². The molecule has 1 saturated heterocycles. The van der Waals surface area contributed by atoms with Gasteiger partial charge in [0, 0.05) is 9.13 Å². The molecule has 0 N–H and O–H groups in total. The summed E-state index contributed by atoms with van der Waals surface area (Å²) in [4.78, 5) is 0. The van der Waals surface area contributed by atoms with Crippen LogP contribution in [0.3, 0.4) is 0 Å². The quantitative estimate of drug-likeness (QED) is 0.743. The molecule has 14 heavy (non-hydrogen) atoms. The predicted molar refractivity (Wildman–Crippen MR) is 58.4 cm³/mol. The molecule has 0 aromatic heterocycles. The van der Waals surface area contributed by atoms with Crippen LogP contribution in [0.5, 0.6) is 0 Å². The van der Waals surface area contributed by atoms with Crippen molar-refractivity contribution in [1.29, 1.82) is 0 Å². The summed E-state index contributed by atoms with van der Waals surface area (Å²) in [6.07, 6.45) is 0. The fourth-order valence-electron chi connectivity index (χ4n) is 1.53. The maximum atomic E-state index is 13.6. The molecule has 76 valence electrons. The molecule has 1 fully saturated rings. The van der Waals surface area contributed by atoms with Gasteiger partial charge in [-0.2, -0.15) is 0 Å². The number of benzene rings is 1. The van der Waals surface area contributed by atoms with Crippen LogP contribution in [0.25, 0.3) is 0 Å². The summed E-state index contributed by atoms with van der Waals surface area (Å²) in [5.41, 5.74) is 0.468. The molecule has 1 aliphatic heterocycles. The minimum atomic E-state index is -0.908. The second kappa shape index (κ2) is 3.75. The first-order valence-electron chi connectivity index (χ1n) is 4.35. The Morgan fingerprint density at radius 3 is 2.57 bits per heavy atom. The third kappa shape index (κ3) is 1.78. The molecule has 0 amide bonds. The fourth-order valence-corrected chi connectivity index (χ4v) is 1.98. The SMILES string of the molecule is CC1(c2ccc(I)cc2F)OCCO1. The molecule has 0 unspecified atom stereocenters. The zero-order valence-electron chi connectivity index (χ0n) is 7.72. The van der Waals surface area contributed by atoms with Crippen molar-refractivity contribution in [1.82, 2.24) is 0 Å². The van der Waals surface area contributed by atoms with E-state index in [0.29, 0.717) is 18.8 Å². The average Bonchev–Trinajstić information content (AvgIpc) is 2.52. The highest BCUT2D eigenvalue weighted by molar-refractivity contribution is 14.1. The molecular weight excluding hydrogens is 298 g/mol. The van der Waals surface area contributed by atoms with Crippen molar-refractivity contribution in [3.8, 4) is 0 Å². The van der Waals surface area contributed by atoms with Gasteiger partial charge in [-0.05, 0) is 47.7 Å². The monoisotopic (exact) mass is 308 g/mol. The normalized spacial score (nSPS) is 19.9. The van der Waals surface area contributed by atoms with E-state index in [-0.39, 0.29) is 5.82 Å². The Morgan fingerprint density at radius 2 is 2.00 bits per heavy atom. The first-order valence-corrected chi connectivity index (χ1v) is 5.43. The van der Waals surface area contributed by atoms with Crippen molar-refractivity contribution in [2.75, 3.05) is 13.2 Å². The van der Waals surface area contributed by atoms with Crippen LogP contribution in [-0.4, -0.2) is 13.2 Å². The third-order valence-corrected chi connectivity index (χ3v) is 2.93. The molecule has 0 radical (unpaired) electrons. The molecule has 0 bridgehead atoms. The highest BCUT2D eigenvalue weighted by Crippen LogP contribution is 2.32. The summed E-state index contributed by atoms with van der Waals surface area (Å²) in [5, 5.41) is 0. The van der Waals surface area contributed by atoms with Crippen LogP contribution in [0.15, 0.2) is 18.2 Å². The highest BCUT2D eigenvalue weighted by Gasteiger charge is 2.35. The molecule has 1 heterocycles. The lowest BCUT2D eigenvalue weighted by atomic mass is 10.1. The Bertz CT molecular complexity index is 348. The van der Waals surface area contributed by atoms with E-state index in [4.69, 9.17) is 9.47 Å². The van der Waals surface area contributed by atoms with E-state index >= 15 is 0 Å². The van der Waals surface area contributed by atoms with Gasteiger partial charge in [-0.1, -0.05) is 0 Å². The molecule has 2 nitrogen and oxygen atoms in total. The van der Waals surface area contributed by atoms with Crippen LogP contribution < -0.4 is 0 Å². The molecule has 0 spiro atoms. The Morgan fingerprint density at radius 1 is 1.36 bits per heavy atom. The fraction of sp³-hybridized carbons (Fsp3) is 0.400. The maximum absolute atomic E-state index is 13.6. The second-order valence-corrected chi connectivity index (χ2v) is 4.51. The Balaban J connectivity index is 2.40. The first kappa shape index (κ1) is 10.3. The third-order valence-electron chi connectivity index (χ3n) is 2.26. The summed E-state index contributed by atoms with van der Waals surface area (Å²) in [6.45, 7) is 2.77. The molecule has 0 atom stereocenters. The van der Waals surface area contributed by atoms with Crippen molar-refractivity contribution < 1.29 is 13.9 Å². The summed E-state index contributed by atoms with van der Waals surface area (Å²) in [5.74, 6) is -1.18. The Labute approximate surface area is 95.5 Å². The molecule has 1 aromatic carbocycles. The average molecular weight is 308 g/mol. The van der Waals surface area contributed by atoms with Gasteiger partial charge in [0.2, 0.25) is 0 Å². The number of halogens is 2. The van der Waals surface area contributed by atoms with E-state index in [1.165, 1.54) is 6.07 Å². The smallest absolute Gasteiger partial charge is 0.194 e. The lowest BCUT2D eigenvalue weighted by Crippen LogP contribution is -2.23. The van der Waals surface area contributed by atoms with Crippen LogP contribution in [0.2, 0.25) is 0 Å². The van der Waals surface area contributed by atoms with E-state index < -0.39 is 5.79 Å². The zero-order chi connectivity index (χ0) is 10.2. The number of ether oxygens (including phenoxy) is 2. The van der Waals surface area contributed by atoms with Gasteiger partial charge < -0.3 is 9.47 Å². The molecule has 0 saturated carbocycles. The number of hydrogen-bond acceptors (Lipinski definition) is 2. The molecular formula is C10H10FIO2. The van der Waals surface area contributed by atoms with Crippen molar-refractivity contribution in [3.63, 3.8) is 0 Å². The Hall–Kier alpha value is -0.200. The summed E-state index contributed by atoms with van der Waals surface area (Å²) < 4.78 is 25.2. The van der Waals surface area contributed by atoms with Gasteiger partial charge in [0.1, 0.15) is 5.82 Å². The first-order chi connectivity index (χ1) is 6.62. The predicted octanol–water partition coefficient (Wildman–Crippen LogP) is 2.65. The summed E-state index contributed by atoms with van der Waals surface area (Å²) in [7, 11) is 0. The summed E-state index contributed by atoms with van der Waals surface area (Å²) in [6, 6.07) is 5.03. The zero-order valence-corrected chi connectivity index (χ0v) is 9.88. The van der Waals surface area contributed by atoms with E-state index in [0.717, 1.165) is 3.57 Å². The minimum absolute atomic E-state index is 0.277. The van der Waals surface area contributed by atoms with Gasteiger partial charge >= 0.3 is 0 Å². The van der Waals surface area contributed by atoms with Gasteiger partial charge in [0.25, 0.3) is 0 Å². The van der Waals surface area contributed by atoms with Crippen molar-refractivity contribution >= 4 is 22.6 Å². The number of rotatable bonds is 1.